The van der Waals surface area contributed by atoms with Crippen molar-refractivity contribution in [3.05, 3.63) is 46.9 Å². The Morgan fingerprint density at radius 3 is 2.75 bits per heavy atom. The van der Waals surface area contributed by atoms with Crippen LogP contribution >= 0.6 is 0 Å². The summed E-state index contributed by atoms with van der Waals surface area (Å²) in [4.78, 5) is 26.9. The fourth-order valence-electron chi connectivity index (χ4n) is 5.61. The number of piperidine rings is 1. The zero-order valence-electron chi connectivity index (χ0n) is 18.5. The molecule has 0 radical (unpaired) electrons. The number of carbonyl (C=O) groups is 2. The highest BCUT2D eigenvalue weighted by molar-refractivity contribution is 6.01. The molecule has 4 aliphatic rings. The van der Waals surface area contributed by atoms with Crippen LogP contribution in [0.5, 0.6) is 0 Å². The zero-order valence-corrected chi connectivity index (χ0v) is 18.5. The highest BCUT2D eigenvalue weighted by Gasteiger charge is 2.40. The van der Waals surface area contributed by atoms with Gasteiger partial charge in [-0.3, -0.25) is 9.59 Å². The van der Waals surface area contributed by atoms with Crippen molar-refractivity contribution in [2.45, 2.75) is 63.6 Å². The quantitative estimate of drug-likeness (QED) is 0.712. The molecule has 2 N–H and O–H groups in total. The lowest BCUT2D eigenvalue weighted by molar-refractivity contribution is -0.126. The average molecular weight is 442 g/mol. The molecule has 6 nitrogen and oxygen atoms in total. The molecule has 7 heteroatoms. The number of ether oxygens (including phenoxy) is 1. The molecule has 0 bridgehead atoms. The Bertz CT molecular complexity index is 929. The van der Waals surface area contributed by atoms with Crippen LogP contribution in [0.15, 0.2) is 24.4 Å². The van der Waals surface area contributed by atoms with Crippen molar-refractivity contribution >= 4 is 11.8 Å². The lowest BCUT2D eigenvalue weighted by atomic mass is 9.80. The molecule has 1 saturated carbocycles. The van der Waals surface area contributed by atoms with Gasteiger partial charge in [-0.05, 0) is 49.7 Å². The minimum absolute atomic E-state index is 0.159. The van der Waals surface area contributed by atoms with Gasteiger partial charge in [0, 0.05) is 35.3 Å². The van der Waals surface area contributed by atoms with Crippen molar-refractivity contribution in [1.29, 1.82) is 0 Å². The third-order valence-corrected chi connectivity index (χ3v) is 7.61. The van der Waals surface area contributed by atoms with E-state index in [4.69, 9.17) is 4.74 Å². The normalized spacial score (nSPS) is 28.5. The fraction of sp³-hybridized carbons (Fsp3) is 0.600. The van der Waals surface area contributed by atoms with Crippen LogP contribution in [0.3, 0.4) is 0 Å². The van der Waals surface area contributed by atoms with E-state index in [0.717, 1.165) is 32.6 Å². The van der Waals surface area contributed by atoms with Crippen molar-refractivity contribution < 1.29 is 18.7 Å². The van der Waals surface area contributed by atoms with Gasteiger partial charge in [0.05, 0.1) is 19.8 Å². The van der Waals surface area contributed by atoms with E-state index in [9.17, 15) is 9.59 Å². The summed E-state index contributed by atoms with van der Waals surface area (Å²) in [5.41, 5.74) is 2.19. The third kappa shape index (κ3) is 4.08. The maximum Gasteiger partial charge on any atom is 0.255 e. The molecule has 3 atom stereocenters. The Morgan fingerprint density at radius 2 is 2.00 bits per heavy atom. The second-order valence-corrected chi connectivity index (χ2v) is 9.81. The molecule has 3 heterocycles. The molecule has 0 spiro atoms. The molecule has 3 aliphatic heterocycles. The Hall–Kier alpha value is -2.25. The predicted octanol–water partition coefficient (Wildman–Crippen LogP) is 2.91. The Kier molecular flexibility index (Phi) is 6.03. The fourth-order valence-corrected chi connectivity index (χ4v) is 5.61. The standard InChI is InChI=1S/C25H32FN3O3/c1-15-6-9-22(24(30)28-15)29-12-20-19(25(29)31)8-7-18(23(20)26)10-17-4-2-3-5-21(17)27-11-16-13-32-14-16/h7-8,16-17,21-22,27H,1-6,9-14H2,(H,28,30)/t17-,21+,22?/m1/s1. The molecule has 5 rings (SSSR count). The molecule has 1 aromatic carbocycles. The van der Waals surface area contributed by atoms with Gasteiger partial charge in [0.2, 0.25) is 5.91 Å². The zero-order chi connectivity index (χ0) is 22.2. The van der Waals surface area contributed by atoms with Crippen LogP contribution in [-0.2, 0) is 22.5 Å². The molecule has 3 fully saturated rings. The Balaban J connectivity index is 1.29. The summed E-state index contributed by atoms with van der Waals surface area (Å²) in [5, 5.41) is 6.45. The average Bonchev–Trinajstić information content (AvgIpc) is 3.07. The summed E-state index contributed by atoms with van der Waals surface area (Å²) in [6.45, 7) is 6.59. The first-order valence-corrected chi connectivity index (χ1v) is 11.9. The number of nitrogens with one attached hydrogen (secondary N) is 2. The van der Waals surface area contributed by atoms with Crippen LogP contribution in [0.25, 0.3) is 0 Å². The van der Waals surface area contributed by atoms with Crippen LogP contribution in [0.1, 0.15) is 60.0 Å². The summed E-state index contributed by atoms with van der Waals surface area (Å²) < 4.78 is 20.9. The highest BCUT2D eigenvalue weighted by atomic mass is 19.1. The lowest BCUT2D eigenvalue weighted by Gasteiger charge is -2.35. The molecule has 1 aliphatic carbocycles. The van der Waals surface area contributed by atoms with Crippen molar-refractivity contribution in [3.8, 4) is 0 Å². The first-order chi connectivity index (χ1) is 15.5. The summed E-state index contributed by atoms with van der Waals surface area (Å²) >= 11 is 0. The molecule has 172 valence electrons. The van der Waals surface area contributed by atoms with E-state index in [-0.39, 0.29) is 24.2 Å². The molecule has 2 amide bonds. The highest BCUT2D eigenvalue weighted by Crippen LogP contribution is 2.34. The minimum atomic E-state index is -0.564. The monoisotopic (exact) mass is 441 g/mol. The summed E-state index contributed by atoms with van der Waals surface area (Å²) in [5.74, 6) is 0.242. The maximum atomic E-state index is 15.6. The smallest absolute Gasteiger partial charge is 0.255 e. The van der Waals surface area contributed by atoms with Gasteiger partial charge in [-0.2, -0.15) is 0 Å². The van der Waals surface area contributed by atoms with E-state index in [0.29, 0.717) is 59.5 Å². The first-order valence-electron chi connectivity index (χ1n) is 11.9. The van der Waals surface area contributed by atoms with Gasteiger partial charge < -0.3 is 20.3 Å². The third-order valence-electron chi connectivity index (χ3n) is 7.61. The van der Waals surface area contributed by atoms with Crippen molar-refractivity contribution in [2.75, 3.05) is 19.8 Å². The molecule has 1 aromatic rings. The van der Waals surface area contributed by atoms with Gasteiger partial charge in [-0.15, -0.1) is 0 Å². The van der Waals surface area contributed by atoms with Gasteiger partial charge in [0.15, 0.2) is 0 Å². The Labute approximate surface area is 188 Å². The SMILES string of the molecule is C=C1CCC(N2Cc3c(ccc(C[C@H]4CCCC[C@@H]4NCC4COC4)c3F)C2=O)C(=O)N1. The summed E-state index contributed by atoms with van der Waals surface area (Å²) in [6, 6.07) is 3.37. The molecule has 2 saturated heterocycles. The number of fused-ring (bicyclic) bond motifs is 1. The van der Waals surface area contributed by atoms with Gasteiger partial charge >= 0.3 is 0 Å². The van der Waals surface area contributed by atoms with Crippen molar-refractivity contribution in [2.24, 2.45) is 11.8 Å². The van der Waals surface area contributed by atoms with Crippen LogP contribution in [-0.4, -0.2) is 48.6 Å². The van der Waals surface area contributed by atoms with Crippen LogP contribution in [0.4, 0.5) is 4.39 Å². The van der Waals surface area contributed by atoms with Crippen LogP contribution < -0.4 is 10.6 Å². The number of halogens is 1. The van der Waals surface area contributed by atoms with E-state index < -0.39 is 6.04 Å². The van der Waals surface area contributed by atoms with Crippen molar-refractivity contribution in [1.82, 2.24) is 15.5 Å². The predicted molar refractivity (Wildman–Crippen MR) is 118 cm³/mol. The number of benzene rings is 1. The van der Waals surface area contributed by atoms with Gasteiger partial charge in [0.1, 0.15) is 11.9 Å². The molecule has 0 aromatic heterocycles. The minimum Gasteiger partial charge on any atom is -0.381 e. The molecule has 1 unspecified atom stereocenters. The first kappa shape index (κ1) is 21.6. The van der Waals surface area contributed by atoms with E-state index in [2.05, 4.69) is 17.2 Å². The van der Waals surface area contributed by atoms with E-state index in [1.165, 1.54) is 17.7 Å². The second-order valence-electron chi connectivity index (χ2n) is 9.81. The van der Waals surface area contributed by atoms with Crippen LogP contribution in [0.2, 0.25) is 0 Å². The number of hydrogen-bond acceptors (Lipinski definition) is 4. The lowest BCUT2D eigenvalue weighted by Crippen LogP contribution is -2.49. The molecular formula is C25H32FN3O3. The summed E-state index contributed by atoms with van der Waals surface area (Å²) in [6.07, 6.45) is 6.44. The number of allylic oxidation sites excluding steroid dienone is 1. The molecular weight excluding hydrogens is 409 g/mol. The number of rotatable bonds is 6. The maximum absolute atomic E-state index is 15.6. The second kappa shape index (κ2) is 8.94. The number of hydrogen-bond donors (Lipinski definition) is 2. The Morgan fingerprint density at radius 1 is 1.19 bits per heavy atom. The largest absolute Gasteiger partial charge is 0.381 e. The number of amides is 2. The molecule has 32 heavy (non-hydrogen) atoms. The van der Waals surface area contributed by atoms with Gasteiger partial charge in [-0.1, -0.05) is 25.5 Å². The number of carbonyl (C=O) groups excluding carboxylic acids is 2. The van der Waals surface area contributed by atoms with E-state index in [1.807, 2.05) is 0 Å². The number of nitrogens with zero attached hydrogens (tertiary/aromatic N) is 1. The topological polar surface area (TPSA) is 70.7 Å². The summed E-state index contributed by atoms with van der Waals surface area (Å²) in [7, 11) is 0. The van der Waals surface area contributed by atoms with Crippen molar-refractivity contribution in [3.63, 3.8) is 0 Å². The van der Waals surface area contributed by atoms with Gasteiger partial charge in [0.25, 0.3) is 5.91 Å². The van der Waals surface area contributed by atoms with Gasteiger partial charge in [-0.25, -0.2) is 4.39 Å². The van der Waals surface area contributed by atoms with Crippen LogP contribution in [0, 0.1) is 17.7 Å². The van der Waals surface area contributed by atoms with E-state index >= 15 is 4.39 Å². The van der Waals surface area contributed by atoms with E-state index in [1.54, 1.807) is 12.1 Å².